The number of hydrogen-bond acceptors (Lipinski definition) is 3. The van der Waals surface area contributed by atoms with Crippen LogP contribution in [0, 0.1) is 0 Å². The van der Waals surface area contributed by atoms with Crippen LogP contribution in [0.2, 0.25) is 0 Å². The van der Waals surface area contributed by atoms with Gasteiger partial charge in [-0.15, -0.1) is 0 Å². The van der Waals surface area contributed by atoms with Crippen molar-refractivity contribution in [1.82, 2.24) is 13.9 Å². The number of nitrogens with one attached hydrogen (secondary N) is 1. The van der Waals surface area contributed by atoms with Crippen LogP contribution in [-0.4, -0.2) is 55.7 Å². The van der Waals surface area contributed by atoms with Gasteiger partial charge in [-0.25, -0.2) is 0 Å². The number of carbonyl (C=O) groups is 1. The van der Waals surface area contributed by atoms with Crippen molar-refractivity contribution in [2.45, 2.75) is 46.1 Å². The lowest BCUT2D eigenvalue weighted by Gasteiger charge is -2.26. The van der Waals surface area contributed by atoms with Crippen LogP contribution in [0.25, 0.3) is 0 Å². The molecular weight excluding hydrogens is 266 g/mol. The van der Waals surface area contributed by atoms with Crippen molar-refractivity contribution in [2.75, 3.05) is 27.2 Å². The fourth-order valence-electron chi connectivity index (χ4n) is 1.48. The van der Waals surface area contributed by atoms with Gasteiger partial charge in [0.25, 0.3) is 10.2 Å². The standard InChI is InChI=1S/C12H27N3O3S/c1-7-8-9-14(5)19(17,18)15(6)10-11(16)13-12(2,3)4/h7-10H2,1-6H3,(H,13,16). The second-order valence-electron chi connectivity index (χ2n) is 5.74. The van der Waals surface area contributed by atoms with Gasteiger partial charge in [-0.3, -0.25) is 4.79 Å². The van der Waals surface area contributed by atoms with Crippen molar-refractivity contribution in [2.24, 2.45) is 0 Å². The van der Waals surface area contributed by atoms with E-state index in [9.17, 15) is 13.2 Å². The first-order valence-corrected chi connectivity index (χ1v) is 7.89. The highest BCUT2D eigenvalue weighted by Crippen LogP contribution is 2.06. The minimum atomic E-state index is -3.56. The molecule has 0 aromatic heterocycles. The highest BCUT2D eigenvalue weighted by molar-refractivity contribution is 7.86. The predicted octanol–water partition coefficient (Wildman–Crippen LogP) is 0.810. The molecule has 0 aliphatic heterocycles. The number of hydrogen-bond donors (Lipinski definition) is 1. The quantitative estimate of drug-likeness (QED) is 0.755. The normalized spacial score (nSPS) is 13.1. The number of unbranched alkanes of at least 4 members (excludes halogenated alkanes) is 1. The molecule has 0 aromatic rings. The van der Waals surface area contributed by atoms with E-state index >= 15 is 0 Å². The topological polar surface area (TPSA) is 69.7 Å². The monoisotopic (exact) mass is 293 g/mol. The number of rotatable bonds is 7. The first-order valence-electron chi connectivity index (χ1n) is 6.49. The lowest BCUT2D eigenvalue weighted by molar-refractivity contribution is -0.122. The maximum Gasteiger partial charge on any atom is 0.281 e. The molecule has 0 rings (SSSR count). The Balaban J connectivity index is 4.55. The van der Waals surface area contributed by atoms with Gasteiger partial charge < -0.3 is 5.32 Å². The van der Waals surface area contributed by atoms with E-state index in [-0.39, 0.29) is 18.0 Å². The number of amides is 1. The summed E-state index contributed by atoms with van der Waals surface area (Å²) in [4.78, 5) is 11.7. The Labute approximate surface area is 117 Å². The van der Waals surface area contributed by atoms with Crippen LogP contribution < -0.4 is 5.32 Å². The molecule has 114 valence electrons. The van der Waals surface area contributed by atoms with Gasteiger partial charge in [-0.2, -0.15) is 17.0 Å². The molecule has 7 heteroatoms. The van der Waals surface area contributed by atoms with Gasteiger partial charge in [0.1, 0.15) is 0 Å². The molecule has 0 spiro atoms. The Bertz CT molecular complexity index is 388. The van der Waals surface area contributed by atoms with Crippen LogP contribution in [0.15, 0.2) is 0 Å². The van der Waals surface area contributed by atoms with Gasteiger partial charge in [0.15, 0.2) is 0 Å². The third-order valence-electron chi connectivity index (χ3n) is 2.49. The SMILES string of the molecule is CCCCN(C)S(=O)(=O)N(C)CC(=O)NC(C)(C)C. The van der Waals surface area contributed by atoms with Crippen molar-refractivity contribution in [3.8, 4) is 0 Å². The number of likely N-dealkylation sites (N-methyl/N-ethyl adjacent to an activating group) is 1. The molecule has 0 radical (unpaired) electrons. The summed E-state index contributed by atoms with van der Waals surface area (Å²) in [5.74, 6) is -0.303. The first-order chi connectivity index (χ1) is 8.50. The van der Waals surface area contributed by atoms with Crippen molar-refractivity contribution in [3.63, 3.8) is 0 Å². The second-order valence-corrected chi connectivity index (χ2v) is 7.88. The summed E-state index contributed by atoms with van der Waals surface area (Å²) in [6.07, 6.45) is 1.73. The van der Waals surface area contributed by atoms with Gasteiger partial charge in [-0.1, -0.05) is 13.3 Å². The summed E-state index contributed by atoms with van der Waals surface area (Å²) in [7, 11) is -0.608. The van der Waals surface area contributed by atoms with Crippen LogP contribution in [0.5, 0.6) is 0 Å². The molecule has 0 heterocycles. The highest BCUT2D eigenvalue weighted by atomic mass is 32.2. The van der Waals surface area contributed by atoms with Crippen LogP contribution in [-0.2, 0) is 15.0 Å². The van der Waals surface area contributed by atoms with E-state index in [1.54, 1.807) is 0 Å². The Morgan fingerprint density at radius 1 is 1.16 bits per heavy atom. The van der Waals surface area contributed by atoms with E-state index < -0.39 is 10.2 Å². The number of carbonyl (C=O) groups excluding carboxylic acids is 1. The summed E-state index contributed by atoms with van der Waals surface area (Å²) in [5.41, 5.74) is -0.365. The molecule has 1 N–H and O–H groups in total. The van der Waals surface area contributed by atoms with Crippen LogP contribution in [0.1, 0.15) is 40.5 Å². The molecule has 0 fully saturated rings. The zero-order chi connectivity index (χ0) is 15.3. The maximum atomic E-state index is 12.1. The zero-order valence-corrected chi connectivity index (χ0v) is 13.7. The largest absolute Gasteiger partial charge is 0.350 e. The van der Waals surface area contributed by atoms with Gasteiger partial charge in [0.05, 0.1) is 6.54 Å². The summed E-state index contributed by atoms with van der Waals surface area (Å²) in [6.45, 7) is 7.85. The summed E-state index contributed by atoms with van der Waals surface area (Å²) in [5, 5.41) is 2.74. The molecule has 0 unspecified atom stereocenters. The van der Waals surface area contributed by atoms with Crippen LogP contribution >= 0.6 is 0 Å². The number of nitrogens with zero attached hydrogens (tertiary/aromatic N) is 2. The lowest BCUT2D eigenvalue weighted by Crippen LogP contribution is -2.48. The molecule has 0 aliphatic rings. The van der Waals surface area contributed by atoms with Crippen molar-refractivity contribution in [1.29, 1.82) is 0 Å². The zero-order valence-electron chi connectivity index (χ0n) is 12.9. The molecule has 1 amide bonds. The van der Waals surface area contributed by atoms with Crippen molar-refractivity contribution in [3.05, 3.63) is 0 Å². The Kier molecular flexibility index (Phi) is 6.96. The first kappa shape index (κ1) is 18.3. The minimum absolute atomic E-state index is 0.171. The molecule has 0 saturated carbocycles. The third kappa shape index (κ3) is 6.89. The van der Waals surface area contributed by atoms with Gasteiger partial charge in [0.2, 0.25) is 5.91 Å². The molecular formula is C12H27N3O3S. The van der Waals surface area contributed by atoms with Gasteiger partial charge in [-0.05, 0) is 27.2 Å². The molecule has 0 bridgehead atoms. The average molecular weight is 293 g/mol. The van der Waals surface area contributed by atoms with Gasteiger partial charge in [0, 0.05) is 26.2 Å². The lowest BCUT2D eigenvalue weighted by atomic mass is 10.1. The van der Waals surface area contributed by atoms with Gasteiger partial charge >= 0.3 is 0 Å². The average Bonchev–Trinajstić information content (AvgIpc) is 2.22. The molecule has 0 atom stereocenters. The van der Waals surface area contributed by atoms with E-state index in [1.165, 1.54) is 18.4 Å². The van der Waals surface area contributed by atoms with E-state index in [4.69, 9.17) is 0 Å². The predicted molar refractivity (Wildman–Crippen MR) is 77.0 cm³/mol. The van der Waals surface area contributed by atoms with Crippen LogP contribution in [0.4, 0.5) is 0 Å². The molecule has 0 aromatic carbocycles. The van der Waals surface area contributed by atoms with E-state index in [0.29, 0.717) is 6.54 Å². The van der Waals surface area contributed by atoms with Crippen molar-refractivity contribution < 1.29 is 13.2 Å². The van der Waals surface area contributed by atoms with E-state index in [1.807, 2.05) is 27.7 Å². The summed E-state index contributed by atoms with van der Waals surface area (Å²) in [6, 6.07) is 0. The molecule has 0 aliphatic carbocycles. The van der Waals surface area contributed by atoms with E-state index in [2.05, 4.69) is 5.32 Å². The fraction of sp³-hybridized carbons (Fsp3) is 0.917. The van der Waals surface area contributed by atoms with Crippen molar-refractivity contribution >= 4 is 16.1 Å². The molecule has 19 heavy (non-hydrogen) atoms. The van der Waals surface area contributed by atoms with Crippen LogP contribution in [0.3, 0.4) is 0 Å². The van der Waals surface area contributed by atoms with E-state index in [0.717, 1.165) is 17.1 Å². The summed E-state index contributed by atoms with van der Waals surface area (Å²) >= 11 is 0. The smallest absolute Gasteiger partial charge is 0.281 e. The second kappa shape index (κ2) is 7.21. The minimum Gasteiger partial charge on any atom is -0.350 e. The molecule has 0 saturated heterocycles. The Morgan fingerprint density at radius 2 is 1.68 bits per heavy atom. The Hall–Kier alpha value is -0.660. The third-order valence-corrected chi connectivity index (χ3v) is 4.38. The fourth-order valence-corrected chi connectivity index (χ4v) is 2.59. The summed E-state index contributed by atoms with van der Waals surface area (Å²) < 4.78 is 26.6. The molecule has 6 nitrogen and oxygen atoms in total. The highest BCUT2D eigenvalue weighted by Gasteiger charge is 2.26. The maximum absolute atomic E-state index is 12.1. The Morgan fingerprint density at radius 3 is 2.11 bits per heavy atom.